The van der Waals surface area contributed by atoms with E-state index in [0.29, 0.717) is 29.3 Å². The third-order valence-corrected chi connectivity index (χ3v) is 14.2. The van der Waals surface area contributed by atoms with Crippen LogP contribution in [0.4, 0.5) is 0 Å². The van der Waals surface area contributed by atoms with Crippen molar-refractivity contribution in [3.63, 3.8) is 0 Å². The van der Waals surface area contributed by atoms with E-state index in [2.05, 4.69) is 106 Å². The number of hydrogen-bond acceptors (Lipinski definition) is 6. The molecule has 0 aliphatic heterocycles. The van der Waals surface area contributed by atoms with Crippen LogP contribution in [0.25, 0.3) is 0 Å². The van der Waals surface area contributed by atoms with Crippen LogP contribution in [0.15, 0.2) is 79.4 Å². The second kappa shape index (κ2) is 56.4. The van der Waals surface area contributed by atoms with E-state index < -0.39 is 11.9 Å². The van der Waals surface area contributed by atoms with E-state index in [4.69, 9.17) is 9.84 Å². The van der Waals surface area contributed by atoms with Gasteiger partial charge in [0, 0.05) is 38.4 Å². The maximum atomic E-state index is 11.5. The zero-order chi connectivity index (χ0) is 57.0. The first-order valence-electron chi connectivity index (χ1n) is 28.7. The van der Waals surface area contributed by atoms with Crippen molar-refractivity contribution < 1.29 is 33.8 Å². The van der Waals surface area contributed by atoms with Crippen LogP contribution in [-0.2, 0) is 28.7 Å². The molecule has 6 atom stereocenters. The van der Waals surface area contributed by atoms with Gasteiger partial charge in [0.05, 0.1) is 5.92 Å². The van der Waals surface area contributed by atoms with Crippen molar-refractivity contribution in [1.82, 2.24) is 0 Å². The number of unbranched alkanes of at least 4 members (excludes halogenated alkanes) is 3. The number of carbonyl (C=O) groups is 5. The first-order valence-corrected chi connectivity index (χ1v) is 30.2. The van der Waals surface area contributed by atoms with Gasteiger partial charge in [0.25, 0.3) is 0 Å². The van der Waals surface area contributed by atoms with Crippen molar-refractivity contribution in [2.45, 2.75) is 233 Å². The number of aliphatic carboxylic acids is 1. The molecule has 1 aliphatic rings. The molecule has 1 aromatic rings. The van der Waals surface area contributed by atoms with Crippen LogP contribution in [0.3, 0.4) is 0 Å². The molecule has 424 valence electrons. The quantitative estimate of drug-likeness (QED) is 0.0279. The summed E-state index contributed by atoms with van der Waals surface area (Å²) in [5, 5.41) is 9.16. The van der Waals surface area contributed by atoms with Crippen LogP contribution in [0, 0.1) is 41.4 Å². The highest BCUT2D eigenvalue weighted by Crippen LogP contribution is 2.33. The highest BCUT2D eigenvalue weighted by Gasteiger charge is 2.27. The third kappa shape index (κ3) is 52.0. The molecule has 1 fully saturated rings. The van der Waals surface area contributed by atoms with Crippen molar-refractivity contribution in [1.29, 1.82) is 0 Å². The summed E-state index contributed by atoms with van der Waals surface area (Å²) in [5.74, 6) is 2.30. The van der Waals surface area contributed by atoms with Gasteiger partial charge in [-0.1, -0.05) is 208 Å². The van der Waals surface area contributed by atoms with E-state index in [-0.39, 0.29) is 23.4 Å². The van der Waals surface area contributed by atoms with E-state index in [0.717, 1.165) is 83.9 Å². The standard InChI is InChI=1S/C13H20O2.C13H24O.C11H21O2P.C11H16.C7H14O.C6H14O.C4H8/c1-5-8-9-11(7-3)12(13(14)15)10(4)6-2;1-3-4-10-13(11(2)14)12-8-6-5-7-9-12;1-8(2)7-14-6-5-9(3)11(13)10(4)12;1-3-7-10(2)11-8-5-4-6-9-11;1-3-4-5-6-7(2)8;1-4-7-5-6(2)3;1-3-4-2/h5,7-10,12H,3,6H2,1-2,4H3,(H,14,15);12-13H,3-10H2,1-2H3;8-9,14H,5-7H2,1-4H3;4-6,8-10H,3,7H2,1-2H3;3-6H2,1-2H3;6H,4-5H2,1-3H3;3H,1,4H2,2H3/b8-5-,11-9+;;;;;;. The number of carbonyl (C=O) groups excluding carboxylic acids is 4. The summed E-state index contributed by atoms with van der Waals surface area (Å²) < 4.78 is 5.09. The molecule has 0 radical (unpaired) electrons. The van der Waals surface area contributed by atoms with Crippen molar-refractivity contribution in [3.8, 4) is 0 Å². The zero-order valence-corrected chi connectivity index (χ0v) is 51.6. The minimum atomic E-state index is -0.778. The average molecular weight is 1040 g/mol. The fraction of sp³-hybridized carbons (Fsp3) is 0.708. The van der Waals surface area contributed by atoms with Crippen LogP contribution >= 0.6 is 8.58 Å². The van der Waals surface area contributed by atoms with Crippen molar-refractivity contribution >= 4 is 37.7 Å². The highest BCUT2D eigenvalue weighted by molar-refractivity contribution is 7.37. The number of Topliss-reactive ketones (excluding diaryl/α,β-unsaturated/α-hetero) is 4. The molecular formula is C65H117O7P. The van der Waals surface area contributed by atoms with Gasteiger partial charge in [0.2, 0.25) is 5.78 Å². The smallest absolute Gasteiger partial charge is 0.311 e. The minimum Gasteiger partial charge on any atom is -0.481 e. The molecule has 1 N–H and O–H groups in total. The topological polar surface area (TPSA) is 115 Å². The van der Waals surface area contributed by atoms with E-state index >= 15 is 0 Å². The summed E-state index contributed by atoms with van der Waals surface area (Å²) >= 11 is 0. The molecule has 6 unspecified atom stereocenters. The zero-order valence-electron chi connectivity index (χ0n) is 50.6. The predicted octanol–water partition coefficient (Wildman–Crippen LogP) is 18.9. The van der Waals surface area contributed by atoms with Gasteiger partial charge in [-0.15, -0.1) is 15.2 Å². The molecule has 1 aromatic carbocycles. The number of hydrogen-bond donors (Lipinski definition) is 1. The van der Waals surface area contributed by atoms with Gasteiger partial charge in [-0.25, -0.2) is 0 Å². The fourth-order valence-corrected chi connectivity index (χ4v) is 9.15. The van der Waals surface area contributed by atoms with Crippen molar-refractivity contribution in [3.05, 3.63) is 85.0 Å². The van der Waals surface area contributed by atoms with E-state index in [1.807, 2.05) is 58.9 Å². The molecule has 1 aliphatic carbocycles. The van der Waals surface area contributed by atoms with Gasteiger partial charge in [-0.3, -0.25) is 19.2 Å². The lowest BCUT2D eigenvalue weighted by molar-refractivity contribution is -0.141. The van der Waals surface area contributed by atoms with Crippen molar-refractivity contribution in [2.75, 3.05) is 25.5 Å². The number of ketones is 4. The molecule has 0 spiro atoms. The molecule has 0 aromatic heterocycles. The SMILES string of the molecule is C=C/C(=C\C=C/C)C(C(=O)O)C(C)CC.C=CCC.CC(=O)C(=O)C(C)CCPCC(C)C.CCCC(C)c1ccccc1.CCCCC(C(C)=O)C1CCCCC1.CCCCCC(C)=O.CCOCC(C)C. The number of carboxylic acid groups (broad SMARTS) is 1. The Morgan fingerprint density at radius 3 is 1.73 bits per heavy atom. The Morgan fingerprint density at radius 1 is 0.767 bits per heavy atom. The summed E-state index contributed by atoms with van der Waals surface area (Å²) in [4.78, 5) is 55.0. The van der Waals surface area contributed by atoms with Crippen molar-refractivity contribution in [2.24, 2.45) is 41.4 Å². The van der Waals surface area contributed by atoms with E-state index in [9.17, 15) is 24.0 Å². The van der Waals surface area contributed by atoms with E-state index in [1.54, 1.807) is 19.9 Å². The first-order chi connectivity index (χ1) is 34.6. The second-order valence-corrected chi connectivity index (χ2v) is 22.0. The Kier molecular flexibility index (Phi) is 60.8. The number of rotatable bonds is 29. The Hall–Kier alpha value is -3.28. The molecule has 8 heteroatoms. The van der Waals surface area contributed by atoms with Gasteiger partial charge in [-0.2, -0.15) is 0 Å². The molecule has 73 heavy (non-hydrogen) atoms. The lowest BCUT2D eigenvalue weighted by Gasteiger charge is -2.28. The maximum Gasteiger partial charge on any atom is 0.311 e. The van der Waals surface area contributed by atoms with Crippen LogP contribution in [0.5, 0.6) is 0 Å². The van der Waals surface area contributed by atoms with Gasteiger partial charge < -0.3 is 14.6 Å². The Labute approximate surface area is 454 Å². The minimum absolute atomic E-state index is 0.0767. The monoisotopic (exact) mass is 1040 g/mol. The number of ether oxygens (including phenoxy) is 1. The highest BCUT2D eigenvalue weighted by atomic mass is 31.1. The van der Waals surface area contributed by atoms with Gasteiger partial charge >= 0.3 is 5.97 Å². The molecule has 2 rings (SSSR count). The second-order valence-electron chi connectivity index (χ2n) is 20.6. The normalized spacial score (nSPS) is 14.3. The third-order valence-electron chi connectivity index (χ3n) is 12.4. The first kappa shape index (κ1) is 78.6. The summed E-state index contributed by atoms with van der Waals surface area (Å²) in [6, 6.07) is 10.7. The Bertz CT molecular complexity index is 1540. The number of allylic oxidation sites excluding steroid dienone is 5. The molecule has 1 saturated carbocycles. The van der Waals surface area contributed by atoms with Crippen LogP contribution in [0.1, 0.15) is 238 Å². The Morgan fingerprint density at radius 2 is 1.34 bits per heavy atom. The predicted molar refractivity (Wildman–Crippen MR) is 323 cm³/mol. The molecular weight excluding hydrogens is 924 g/mol. The molecule has 0 amide bonds. The summed E-state index contributed by atoms with van der Waals surface area (Å²) in [6.45, 7) is 43.0. The lowest BCUT2D eigenvalue weighted by atomic mass is 9.76. The van der Waals surface area contributed by atoms with Gasteiger partial charge in [0.1, 0.15) is 11.6 Å². The number of carboxylic acids is 1. The average Bonchev–Trinajstić information content (AvgIpc) is 3.36. The maximum absolute atomic E-state index is 11.5. The summed E-state index contributed by atoms with van der Waals surface area (Å²) in [5.41, 5.74) is 2.24. The van der Waals surface area contributed by atoms with Crippen LogP contribution < -0.4 is 0 Å². The van der Waals surface area contributed by atoms with Crippen LogP contribution in [0.2, 0.25) is 0 Å². The van der Waals surface area contributed by atoms with Crippen LogP contribution in [-0.4, -0.2) is 59.7 Å². The lowest BCUT2D eigenvalue weighted by Crippen LogP contribution is -2.24. The van der Waals surface area contributed by atoms with Gasteiger partial charge in [0.15, 0.2) is 5.78 Å². The Balaban J connectivity index is -0.000000254. The molecule has 7 nitrogen and oxygen atoms in total. The molecule has 0 saturated heterocycles. The molecule has 0 heterocycles. The van der Waals surface area contributed by atoms with Gasteiger partial charge in [-0.05, 0) is 126 Å². The fourth-order valence-electron chi connectivity index (χ4n) is 7.73. The molecule has 0 bridgehead atoms. The van der Waals surface area contributed by atoms with E-state index in [1.165, 1.54) is 89.3 Å². The summed E-state index contributed by atoms with van der Waals surface area (Å²) in [6.07, 6.45) is 31.2. The number of benzene rings is 1. The summed E-state index contributed by atoms with van der Waals surface area (Å²) in [7, 11) is 0.928. The largest absolute Gasteiger partial charge is 0.481 e.